The summed E-state index contributed by atoms with van der Waals surface area (Å²) in [7, 11) is 6.11. The summed E-state index contributed by atoms with van der Waals surface area (Å²) in [5.74, 6) is 1.15. The number of aromatic amines is 1. The number of H-pyrrole nitrogens is 1. The maximum atomic E-state index is 6.16. The highest BCUT2D eigenvalue weighted by Crippen LogP contribution is 2.38. The van der Waals surface area contributed by atoms with Crippen LogP contribution in [-0.2, 0) is 0 Å². The molecule has 0 spiro atoms. The lowest BCUT2D eigenvalue weighted by Gasteiger charge is -2.34. The molecule has 2 radical (unpaired) electrons. The summed E-state index contributed by atoms with van der Waals surface area (Å²) in [4.78, 5) is 11.1. The number of nitrogens with two attached hydrogens (primary N) is 1. The SMILES string of the molecule is [B]N(CC)C1CCC(c2c[nH]c3ccc(N=C(N)c4cccs4)cc23)CC1. The van der Waals surface area contributed by atoms with Crippen LogP contribution in [0.1, 0.15) is 49.0 Å². The molecular formula is C21H25BN4S. The highest BCUT2D eigenvalue weighted by molar-refractivity contribution is 7.12. The van der Waals surface area contributed by atoms with Gasteiger partial charge in [0.05, 0.1) is 10.6 Å². The van der Waals surface area contributed by atoms with E-state index in [9.17, 15) is 0 Å². The van der Waals surface area contributed by atoms with Gasteiger partial charge in [-0.25, -0.2) is 4.99 Å². The van der Waals surface area contributed by atoms with Gasteiger partial charge < -0.3 is 15.5 Å². The van der Waals surface area contributed by atoms with Gasteiger partial charge in [0.25, 0.3) is 0 Å². The molecule has 3 aromatic rings. The Labute approximate surface area is 165 Å². The first-order valence-corrected chi connectivity index (χ1v) is 10.5. The topological polar surface area (TPSA) is 57.4 Å². The van der Waals surface area contributed by atoms with Gasteiger partial charge in [0.2, 0.25) is 0 Å². The summed E-state index contributed by atoms with van der Waals surface area (Å²) in [5, 5.41) is 3.28. The minimum Gasteiger partial charge on any atom is -0.383 e. The number of fused-ring (bicyclic) bond motifs is 1. The lowest BCUT2D eigenvalue weighted by molar-refractivity contribution is 0.255. The molecule has 1 aromatic carbocycles. The molecule has 2 heterocycles. The number of hydrogen-bond donors (Lipinski definition) is 2. The van der Waals surface area contributed by atoms with E-state index in [2.05, 4.69) is 35.2 Å². The van der Waals surface area contributed by atoms with Crippen LogP contribution in [0.15, 0.2) is 46.9 Å². The van der Waals surface area contributed by atoms with E-state index in [0.717, 1.165) is 35.5 Å². The number of nitrogens with zero attached hydrogens (tertiary/aromatic N) is 2. The van der Waals surface area contributed by atoms with Gasteiger partial charge >= 0.3 is 0 Å². The summed E-state index contributed by atoms with van der Waals surface area (Å²) >= 11 is 1.61. The van der Waals surface area contributed by atoms with Crippen LogP contribution in [0, 0.1) is 0 Å². The van der Waals surface area contributed by atoms with Gasteiger partial charge in [-0.3, -0.25) is 0 Å². The predicted octanol–water partition coefficient (Wildman–Crippen LogP) is 4.70. The smallest absolute Gasteiger partial charge is 0.182 e. The molecule has 0 amide bonds. The zero-order valence-corrected chi connectivity index (χ0v) is 16.5. The number of benzene rings is 1. The summed E-state index contributed by atoms with van der Waals surface area (Å²) in [6.45, 7) is 3.03. The Balaban J connectivity index is 1.57. The van der Waals surface area contributed by atoms with Crippen LogP contribution < -0.4 is 5.73 Å². The molecule has 1 fully saturated rings. The second-order valence-electron chi connectivity index (χ2n) is 7.28. The van der Waals surface area contributed by atoms with Crippen molar-refractivity contribution >= 4 is 41.7 Å². The molecule has 27 heavy (non-hydrogen) atoms. The number of nitrogens with one attached hydrogen (secondary N) is 1. The number of hydrogen-bond acceptors (Lipinski definition) is 3. The third kappa shape index (κ3) is 3.82. The standard InChI is InChI=1S/C21H25BN4S/c1-2-26(22)16-8-5-14(6-9-16)18-13-24-19-10-7-15(12-17(18)19)25-21(23)20-4-3-11-27-20/h3-4,7,10-14,16,24H,2,5-6,8-9H2,1H3,(H2,23,25). The van der Waals surface area contributed by atoms with E-state index >= 15 is 0 Å². The van der Waals surface area contributed by atoms with E-state index in [-0.39, 0.29) is 0 Å². The van der Waals surface area contributed by atoms with Gasteiger partial charge in [0.15, 0.2) is 7.98 Å². The zero-order valence-electron chi connectivity index (χ0n) is 15.7. The van der Waals surface area contributed by atoms with Crippen LogP contribution in [-0.4, -0.2) is 36.2 Å². The molecule has 1 saturated carbocycles. The van der Waals surface area contributed by atoms with Crippen LogP contribution in [0.4, 0.5) is 5.69 Å². The molecule has 3 N–H and O–H groups in total. The quantitative estimate of drug-likeness (QED) is 0.385. The summed E-state index contributed by atoms with van der Waals surface area (Å²) in [6, 6.07) is 10.8. The third-order valence-electron chi connectivity index (χ3n) is 5.69. The molecule has 0 atom stereocenters. The van der Waals surface area contributed by atoms with Gasteiger partial charge in [-0.15, -0.1) is 11.3 Å². The van der Waals surface area contributed by atoms with Gasteiger partial charge in [-0.1, -0.05) is 13.0 Å². The fourth-order valence-electron chi connectivity index (χ4n) is 4.13. The Morgan fingerprint density at radius 3 is 2.81 bits per heavy atom. The summed E-state index contributed by atoms with van der Waals surface area (Å²) in [6.07, 6.45) is 6.84. The highest BCUT2D eigenvalue weighted by atomic mass is 32.1. The maximum Gasteiger partial charge on any atom is 0.182 e. The molecular weight excluding hydrogens is 351 g/mol. The van der Waals surface area contributed by atoms with Crippen molar-refractivity contribution in [3.63, 3.8) is 0 Å². The van der Waals surface area contributed by atoms with Gasteiger partial charge in [-0.2, -0.15) is 0 Å². The minimum atomic E-state index is 0.516. The minimum absolute atomic E-state index is 0.516. The monoisotopic (exact) mass is 376 g/mol. The van der Waals surface area contributed by atoms with Crippen molar-refractivity contribution in [2.75, 3.05) is 6.54 Å². The van der Waals surface area contributed by atoms with Crippen molar-refractivity contribution in [1.29, 1.82) is 0 Å². The van der Waals surface area contributed by atoms with Crippen LogP contribution in [0.3, 0.4) is 0 Å². The van der Waals surface area contributed by atoms with Crippen LogP contribution >= 0.6 is 11.3 Å². The molecule has 1 aliphatic rings. The van der Waals surface area contributed by atoms with Crippen molar-refractivity contribution in [2.24, 2.45) is 10.7 Å². The first-order chi connectivity index (χ1) is 13.2. The van der Waals surface area contributed by atoms with Crippen LogP contribution in [0.5, 0.6) is 0 Å². The van der Waals surface area contributed by atoms with E-state index in [1.54, 1.807) is 11.3 Å². The van der Waals surface area contributed by atoms with Crippen LogP contribution in [0.25, 0.3) is 10.9 Å². The maximum absolute atomic E-state index is 6.16. The van der Waals surface area contributed by atoms with Crippen molar-refractivity contribution in [3.8, 4) is 0 Å². The molecule has 0 aliphatic heterocycles. The number of aromatic nitrogens is 1. The van der Waals surface area contributed by atoms with E-state index < -0.39 is 0 Å². The van der Waals surface area contributed by atoms with E-state index in [0.29, 0.717) is 17.8 Å². The fraction of sp³-hybridized carbons (Fsp3) is 0.381. The third-order valence-corrected chi connectivity index (χ3v) is 6.58. The highest BCUT2D eigenvalue weighted by Gasteiger charge is 2.25. The Morgan fingerprint density at radius 2 is 2.11 bits per heavy atom. The predicted molar refractivity (Wildman–Crippen MR) is 116 cm³/mol. The Morgan fingerprint density at radius 1 is 1.30 bits per heavy atom. The molecule has 6 heteroatoms. The second kappa shape index (κ2) is 7.91. The summed E-state index contributed by atoms with van der Waals surface area (Å²) < 4.78 is 0. The Kier molecular flexibility index (Phi) is 5.37. The Bertz CT molecular complexity index is 923. The van der Waals surface area contributed by atoms with E-state index in [1.165, 1.54) is 23.8 Å². The molecule has 2 aromatic heterocycles. The van der Waals surface area contributed by atoms with Crippen molar-refractivity contribution in [1.82, 2.24) is 9.79 Å². The molecule has 0 saturated heterocycles. The first kappa shape index (κ1) is 18.3. The van der Waals surface area contributed by atoms with E-state index in [1.807, 2.05) is 28.4 Å². The molecule has 4 rings (SSSR count). The lowest BCUT2D eigenvalue weighted by atomic mass is 9.80. The van der Waals surface area contributed by atoms with Crippen molar-refractivity contribution in [3.05, 3.63) is 52.3 Å². The molecule has 0 unspecified atom stereocenters. The van der Waals surface area contributed by atoms with Crippen molar-refractivity contribution in [2.45, 2.75) is 44.6 Å². The average Bonchev–Trinajstić information content (AvgIpc) is 3.37. The number of aliphatic imine (C=N–C) groups is 1. The van der Waals surface area contributed by atoms with Gasteiger partial charge in [0, 0.05) is 17.1 Å². The second-order valence-corrected chi connectivity index (χ2v) is 8.23. The first-order valence-electron chi connectivity index (χ1n) is 9.66. The van der Waals surface area contributed by atoms with Gasteiger partial charge in [-0.05, 0) is 79.4 Å². The molecule has 4 nitrogen and oxygen atoms in total. The number of thiophene rings is 1. The molecule has 138 valence electrons. The zero-order chi connectivity index (χ0) is 18.8. The van der Waals surface area contributed by atoms with E-state index in [4.69, 9.17) is 13.7 Å². The van der Waals surface area contributed by atoms with Gasteiger partial charge in [0.1, 0.15) is 5.84 Å². The molecule has 1 aliphatic carbocycles. The number of rotatable bonds is 5. The largest absolute Gasteiger partial charge is 0.383 e. The lowest BCUT2D eigenvalue weighted by Crippen LogP contribution is -2.35. The fourth-order valence-corrected chi connectivity index (χ4v) is 4.76. The van der Waals surface area contributed by atoms with Crippen LogP contribution in [0.2, 0.25) is 0 Å². The Hall–Kier alpha value is -2.05. The van der Waals surface area contributed by atoms with Crippen molar-refractivity contribution < 1.29 is 0 Å². The normalized spacial score (nSPS) is 21.2. The molecule has 0 bridgehead atoms. The number of amidine groups is 1. The summed E-state index contributed by atoms with van der Waals surface area (Å²) in [5.41, 5.74) is 9.63. The average molecular weight is 376 g/mol.